The summed E-state index contributed by atoms with van der Waals surface area (Å²) in [5, 5.41) is 0.741. The van der Waals surface area contributed by atoms with Gasteiger partial charge in [0.25, 0.3) is 0 Å². The summed E-state index contributed by atoms with van der Waals surface area (Å²) < 4.78 is 0. The maximum atomic E-state index is 5.27. The molecule has 0 aliphatic rings. The molecular weight excluding hydrogens is 106 g/mol. The summed E-state index contributed by atoms with van der Waals surface area (Å²) >= 11 is 1.81. The molecule has 1 nitrogen and oxygen atoms in total. The van der Waals surface area contributed by atoms with E-state index in [9.17, 15) is 0 Å². The molecule has 0 spiro atoms. The minimum absolute atomic E-state index is 0.741. The average Bonchev–Trinajstić information content (AvgIpc) is 1.68. The second-order valence-electron chi connectivity index (χ2n) is 1.55. The zero-order valence-corrected chi connectivity index (χ0v) is 5.79. The predicted molar refractivity (Wildman–Crippen MR) is 36.4 cm³/mol. The summed E-state index contributed by atoms with van der Waals surface area (Å²) in [5.41, 5.74) is 5.27. The van der Waals surface area contributed by atoms with Crippen LogP contribution in [0.25, 0.3) is 0 Å². The van der Waals surface area contributed by atoms with E-state index in [1.165, 1.54) is 6.42 Å². The molecule has 0 bridgehead atoms. The van der Waals surface area contributed by atoms with E-state index in [4.69, 9.17) is 5.73 Å². The average molecular weight is 119 g/mol. The van der Waals surface area contributed by atoms with Crippen LogP contribution in [0.3, 0.4) is 0 Å². The molecule has 0 unspecified atom stereocenters. The Hall–Kier alpha value is 0.310. The molecule has 0 aromatic heterocycles. The third-order valence-corrected chi connectivity index (χ3v) is 2.05. The highest BCUT2D eigenvalue weighted by atomic mass is 32.2. The number of rotatable bonds is 3. The monoisotopic (exact) mass is 119 g/mol. The first kappa shape index (κ1) is 7.31. The van der Waals surface area contributed by atoms with Crippen molar-refractivity contribution in [3.8, 4) is 0 Å². The lowest BCUT2D eigenvalue weighted by Gasteiger charge is -2.02. The van der Waals surface area contributed by atoms with Crippen LogP contribution in [0, 0.1) is 0 Å². The highest BCUT2D eigenvalue weighted by molar-refractivity contribution is 7.99. The fraction of sp³-hybridized carbons (Fsp3) is 1.00. The van der Waals surface area contributed by atoms with E-state index in [1.807, 2.05) is 11.8 Å². The van der Waals surface area contributed by atoms with Gasteiger partial charge in [-0.2, -0.15) is 0 Å². The van der Waals surface area contributed by atoms with Crippen LogP contribution in [0.4, 0.5) is 0 Å². The maximum Gasteiger partial charge on any atom is 0.0395 e. The zero-order chi connectivity index (χ0) is 5.70. The Labute approximate surface area is 49.7 Å². The largest absolute Gasteiger partial charge is 0.322 e. The van der Waals surface area contributed by atoms with Crippen molar-refractivity contribution in [2.45, 2.75) is 25.5 Å². The van der Waals surface area contributed by atoms with E-state index in [0.717, 1.165) is 11.1 Å². The molecule has 0 aromatic carbocycles. The Balaban J connectivity index is 2.83. The van der Waals surface area contributed by atoms with Crippen molar-refractivity contribution in [1.82, 2.24) is 0 Å². The van der Waals surface area contributed by atoms with Gasteiger partial charge < -0.3 is 5.73 Å². The lowest BCUT2D eigenvalue weighted by atomic mass is 10.4. The van der Waals surface area contributed by atoms with Gasteiger partial charge in [0, 0.05) is 11.1 Å². The first-order valence-electron chi connectivity index (χ1n) is 2.63. The third-order valence-electron chi connectivity index (χ3n) is 0.956. The molecule has 0 radical (unpaired) electrons. The summed E-state index contributed by atoms with van der Waals surface area (Å²) in [5.74, 6) is 0.759. The number of hydrogen-bond acceptors (Lipinski definition) is 2. The normalized spacial score (nSPS) is 14.1. The number of nitrogens with two attached hydrogens (primary N) is 1. The van der Waals surface area contributed by atoms with Crippen LogP contribution in [0.2, 0.25) is 0 Å². The number of hydrogen-bond donors (Lipinski definition) is 1. The van der Waals surface area contributed by atoms with Crippen molar-refractivity contribution in [1.29, 1.82) is 0 Å². The topological polar surface area (TPSA) is 26.0 Å². The highest BCUT2D eigenvalue weighted by Gasteiger charge is 1.93. The Kier molecular flexibility index (Phi) is 4.67. The molecule has 44 valence electrons. The molecule has 0 rings (SSSR count). The molecule has 0 aliphatic carbocycles. The smallest absolute Gasteiger partial charge is 0.0395 e. The highest BCUT2D eigenvalue weighted by Crippen LogP contribution is 2.09. The Morgan fingerprint density at radius 1 is 1.71 bits per heavy atom. The van der Waals surface area contributed by atoms with Gasteiger partial charge in [0.1, 0.15) is 0 Å². The summed E-state index contributed by atoms with van der Waals surface area (Å²) in [6.07, 6.45) is 1.22. The van der Waals surface area contributed by atoms with Gasteiger partial charge in [-0.15, -0.1) is 11.8 Å². The minimum atomic E-state index is 0.741. The molecule has 0 saturated carbocycles. The van der Waals surface area contributed by atoms with Crippen molar-refractivity contribution in [2.75, 3.05) is 5.88 Å². The lowest BCUT2D eigenvalue weighted by Crippen LogP contribution is -2.00. The number of thioether (sulfide) groups is 1. The van der Waals surface area contributed by atoms with Crippen LogP contribution >= 0.6 is 11.8 Å². The van der Waals surface area contributed by atoms with Crippen molar-refractivity contribution in [3.63, 3.8) is 0 Å². The van der Waals surface area contributed by atoms with Gasteiger partial charge in [0.2, 0.25) is 0 Å². The molecular formula is C5H13NS. The second-order valence-corrected chi connectivity index (χ2v) is 3.02. The van der Waals surface area contributed by atoms with Crippen LogP contribution in [-0.2, 0) is 0 Å². The summed E-state index contributed by atoms with van der Waals surface area (Å²) in [7, 11) is 0. The van der Waals surface area contributed by atoms with E-state index in [1.54, 1.807) is 0 Å². The summed E-state index contributed by atoms with van der Waals surface area (Å²) in [6.45, 7) is 4.37. The second kappa shape index (κ2) is 4.47. The van der Waals surface area contributed by atoms with Gasteiger partial charge in [-0.1, -0.05) is 13.8 Å². The maximum absolute atomic E-state index is 5.27. The molecule has 0 heterocycles. The molecule has 0 aliphatic heterocycles. The first-order valence-corrected chi connectivity index (χ1v) is 3.67. The van der Waals surface area contributed by atoms with E-state index in [0.29, 0.717) is 0 Å². The molecule has 0 aromatic rings. The molecule has 0 fully saturated rings. The van der Waals surface area contributed by atoms with Gasteiger partial charge >= 0.3 is 0 Å². The predicted octanol–water partition coefficient (Wildman–Crippen LogP) is 1.43. The quantitative estimate of drug-likeness (QED) is 0.569. The summed E-state index contributed by atoms with van der Waals surface area (Å²) in [6, 6.07) is 0. The van der Waals surface area contributed by atoms with Crippen LogP contribution in [0.5, 0.6) is 0 Å². The van der Waals surface area contributed by atoms with Crippen LogP contribution in [0.15, 0.2) is 0 Å². The van der Waals surface area contributed by atoms with Crippen molar-refractivity contribution in [3.05, 3.63) is 0 Å². The first-order chi connectivity index (χ1) is 3.31. The van der Waals surface area contributed by atoms with E-state index >= 15 is 0 Å². The van der Waals surface area contributed by atoms with Gasteiger partial charge in [-0.25, -0.2) is 0 Å². The fourth-order valence-electron chi connectivity index (χ4n) is 0.282. The molecule has 7 heavy (non-hydrogen) atoms. The fourth-order valence-corrected chi connectivity index (χ4v) is 0.846. The van der Waals surface area contributed by atoms with Gasteiger partial charge in [-0.05, 0) is 6.42 Å². The Morgan fingerprint density at radius 2 is 2.29 bits per heavy atom. The summed E-state index contributed by atoms with van der Waals surface area (Å²) in [4.78, 5) is 0. The SMILES string of the molecule is CC[C@@H](C)SCN. The van der Waals surface area contributed by atoms with Crippen LogP contribution in [0.1, 0.15) is 20.3 Å². The van der Waals surface area contributed by atoms with Gasteiger partial charge in [0.15, 0.2) is 0 Å². The molecule has 2 heteroatoms. The molecule has 0 saturated heterocycles. The minimum Gasteiger partial charge on any atom is -0.322 e. The van der Waals surface area contributed by atoms with E-state index in [-0.39, 0.29) is 0 Å². The lowest BCUT2D eigenvalue weighted by molar-refractivity contribution is 0.905. The van der Waals surface area contributed by atoms with Gasteiger partial charge in [-0.3, -0.25) is 0 Å². The van der Waals surface area contributed by atoms with Crippen molar-refractivity contribution < 1.29 is 0 Å². The Morgan fingerprint density at radius 3 is 2.43 bits per heavy atom. The van der Waals surface area contributed by atoms with Crippen molar-refractivity contribution >= 4 is 11.8 Å². The molecule has 0 amide bonds. The zero-order valence-electron chi connectivity index (χ0n) is 4.98. The third kappa shape index (κ3) is 4.16. The van der Waals surface area contributed by atoms with Crippen LogP contribution in [-0.4, -0.2) is 11.1 Å². The van der Waals surface area contributed by atoms with E-state index in [2.05, 4.69) is 13.8 Å². The molecule has 2 N–H and O–H groups in total. The van der Waals surface area contributed by atoms with Crippen molar-refractivity contribution in [2.24, 2.45) is 5.73 Å². The Bertz CT molecular complexity index is 39.1. The molecule has 1 atom stereocenters. The van der Waals surface area contributed by atoms with E-state index < -0.39 is 0 Å². The van der Waals surface area contributed by atoms with Gasteiger partial charge in [0.05, 0.1) is 0 Å². The van der Waals surface area contributed by atoms with Crippen LogP contribution < -0.4 is 5.73 Å². The standard InChI is InChI=1S/C5H13NS/c1-3-5(2)7-4-6/h5H,3-4,6H2,1-2H3/t5-/m1/s1.